The molecule has 1 aliphatic heterocycles. The van der Waals surface area contributed by atoms with Crippen LogP contribution in [0.25, 0.3) is 5.57 Å². The Kier molecular flexibility index (Phi) is 2.57. The normalized spacial score (nSPS) is 18.1. The summed E-state index contributed by atoms with van der Waals surface area (Å²) < 4.78 is 6.02. The number of hydrogen-bond acceptors (Lipinski definition) is 1. The number of aryl methyl sites for hydroxylation is 1. The van der Waals surface area contributed by atoms with Gasteiger partial charge in [-0.3, -0.25) is 0 Å². The summed E-state index contributed by atoms with van der Waals surface area (Å²) in [6.45, 7) is 10.7. The third kappa shape index (κ3) is 1.64. The zero-order valence-electron chi connectivity index (χ0n) is 10.8. The number of benzene rings is 1. The lowest BCUT2D eigenvalue weighted by Crippen LogP contribution is -2.26. The lowest BCUT2D eigenvalue weighted by molar-refractivity contribution is 0.0291. The molecule has 0 unspecified atom stereocenters. The molecule has 0 bridgehead atoms. The van der Waals surface area contributed by atoms with E-state index in [1.165, 1.54) is 22.3 Å². The maximum absolute atomic E-state index is 6.02. The number of ether oxygens (including phenoxy) is 1. The molecule has 0 atom stereocenters. The van der Waals surface area contributed by atoms with Gasteiger partial charge in [0.1, 0.15) is 5.60 Å². The third-order valence-corrected chi connectivity index (χ3v) is 3.34. The lowest BCUT2D eigenvalue weighted by Gasteiger charge is -2.35. The Morgan fingerprint density at radius 1 is 1.19 bits per heavy atom. The first-order valence-corrected chi connectivity index (χ1v) is 5.96. The fourth-order valence-corrected chi connectivity index (χ4v) is 2.56. The second-order valence-corrected chi connectivity index (χ2v) is 5.05. The minimum atomic E-state index is -0.203. The molecule has 0 amide bonds. The second-order valence-electron chi connectivity index (χ2n) is 5.05. The molecule has 0 spiro atoms. The van der Waals surface area contributed by atoms with E-state index < -0.39 is 0 Å². The summed E-state index contributed by atoms with van der Waals surface area (Å²) in [5.74, 6) is 1.07. The van der Waals surface area contributed by atoms with Gasteiger partial charge < -0.3 is 4.74 Å². The quantitative estimate of drug-likeness (QED) is 0.676. The molecule has 0 N–H and O–H groups in total. The molecule has 1 heterocycles. The van der Waals surface area contributed by atoms with Crippen molar-refractivity contribution in [3.8, 4) is 0 Å². The molecule has 1 aliphatic rings. The average molecular weight is 216 g/mol. The maximum atomic E-state index is 6.02. The monoisotopic (exact) mass is 216 g/mol. The predicted octanol–water partition coefficient (Wildman–Crippen LogP) is 4.40. The highest BCUT2D eigenvalue weighted by Crippen LogP contribution is 2.41. The summed E-state index contributed by atoms with van der Waals surface area (Å²) in [5, 5.41) is 0. The van der Waals surface area contributed by atoms with E-state index in [9.17, 15) is 0 Å². The molecule has 1 aromatic carbocycles. The molecule has 0 aromatic heterocycles. The summed E-state index contributed by atoms with van der Waals surface area (Å²) in [6, 6.07) is 6.65. The Labute approximate surface area is 98.1 Å². The van der Waals surface area contributed by atoms with Gasteiger partial charge in [0.15, 0.2) is 0 Å². The van der Waals surface area contributed by atoms with Crippen LogP contribution in [-0.4, -0.2) is 0 Å². The molecule has 0 radical (unpaired) electrons. The van der Waals surface area contributed by atoms with Crippen molar-refractivity contribution in [2.24, 2.45) is 0 Å². The van der Waals surface area contributed by atoms with Crippen LogP contribution in [0, 0.1) is 6.92 Å². The van der Waals surface area contributed by atoms with Crippen molar-refractivity contribution >= 4 is 5.57 Å². The topological polar surface area (TPSA) is 9.23 Å². The van der Waals surface area contributed by atoms with Crippen LogP contribution in [0.5, 0.6) is 0 Å². The Balaban J connectivity index is 2.69. The van der Waals surface area contributed by atoms with Crippen molar-refractivity contribution < 1.29 is 4.74 Å². The summed E-state index contributed by atoms with van der Waals surface area (Å²) in [7, 11) is 0. The molecule has 0 aliphatic carbocycles. The summed E-state index contributed by atoms with van der Waals surface area (Å²) in [6.07, 6.45) is 1.03. The van der Waals surface area contributed by atoms with Gasteiger partial charge in [0, 0.05) is 5.56 Å². The number of rotatable bonds is 1. The van der Waals surface area contributed by atoms with Gasteiger partial charge in [-0.2, -0.15) is 0 Å². The first-order chi connectivity index (χ1) is 7.45. The van der Waals surface area contributed by atoms with E-state index in [-0.39, 0.29) is 5.60 Å². The fourth-order valence-electron chi connectivity index (χ4n) is 2.56. The van der Waals surface area contributed by atoms with E-state index in [1.54, 1.807) is 0 Å². The van der Waals surface area contributed by atoms with Crippen LogP contribution >= 0.6 is 0 Å². The zero-order valence-corrected chi connectivity index (χ0v) is 10.8. The van der Waals surface area contributed by atoms with Gasteiger partial charge in [-0.15, -0.1) is 0 Å². The maximum Gasteiger partial charge on any atom is 0.128 e. The van der Waals surface area contributed by atoms with Gasteiger partial charge in [0.05, 0.1) is 5.76 Å². The van der Waals surface area contributed by atoms with E-state index in [0.29, 0.717) is 0 Å². The van der Waals surface area contributed by atoms with Gasteiger partial charge in [0.25, 0.3) is 0 Å². The van der Waals surface area contributed by atoms with Crippen molar-refractivity contribution in [1.82, 2.24) is 0 Å². The highest BCUT2D eigenvalue weighted by Gasteiger charge is 2.31. The summed E-state index contributed by atoms with van der Waals surface area (Å²) in [4.78, 5) is 0. The standard InChI is InChI=1S/C15H20O/c1-6-12-11(3)16-15(4,5)14-8-7-10(2)9-13(12)14/h7-9H,6H2,1-5H3. The minimum Gasteiger partial charge on any atom is -0.487 e. The minimum absolute atomic E-state index is 0.203. The number of hydrogen-bond donors (Lipinski definition) is 0. The van der Waals surface area contributed by atoms with Gasteiger partial charge in [0.2, 0.25) is 0 Å². The SMILES string of the molecule is CCC1=C(C)OC(C)(C)c2ccc(C)cc21. The Bertz CT molecular complexity index is 453. The van der Waals surface area contributed by atoms with E-state index in [0.717, 1.165) is 12.2 Å². The average Bonchev–Trinajstić information content (AvgIpc) is 2.16. The molecule has 0 fully saturated rings. The molecule has 86 valence electrons. The second kappa shape index (κ2) is 3.65. The number of fused-ring (bicyclic) bond motifs is 1. The van der Waals surface area contributed by atoms with Crippen LogP contribution in [-0.2, 0) is 10.3 Å². The van der Waals surface area contributed by atoms with Gasteiger partial charge in [-0.1, -0.05) is 30.7 Å². The molecule has 2 rings (SSSR count). The van der Waals surface area contributed by atoms with Crippen molar-refractivity contribution in [1.29, 1.82) is 0 Å². The van der Waals surface area contributed by atoms with Crippen LogP contribution in [0.15, 0.2) is 24.0 Å². The van der Waals surface area contributed by atoms with Crippen LogP contribution in [0.2, 0.25) is 0 Å². The smallest absolute Gasteiger partial charge is 0.128 e. The summed E-state index contributed by atoms with van der Waals surface area (Å²) in [5.41, 5.74) is 5.14. The molecule has 1 heteroatoms. The first-order valence-electron chi connectivity index (χ1n) is 5.96. The predicted molar refractivity (Wildman–Crippen MR) is 68.2 cm³/mol. The van der Waals surface area contributed by atoms with Crippen molar-refractivity contribution in [3.05, 3.63) is 40.6 Å². The molecule has 0 saturated carbocycles. The largest absolute Gasteiger partial charge is 0.487 e. The third-order valence-electron chi connectivity index (χ3n) is 3.34. The zero-order chi connectivity index (χ0) is 11.9. The Morgan fingerprint density at radius 3 is 2.50 bits per heavy atom. The van der Waals surface area contributed by atoms with Gasteiger partial charge in [-0.25, -0.2) is 0 Å². The Morgan fingerprint density at radius 2 is 1.88 bits per heavy atom. The number of allylic oxidation sites excluding steroid dienone is 2. The van der Waals surface area contributed by atoms with Gasteiger partial charge >= 0.3 is 0 Å². The van der Waals surface area contributed by atoms with Gasteiger partial charge in [-0.05, 0) is 45.3 Å². The van der Waals surface area contributed by atoms with Crippen LogP contribution in [0.3, 0.4) is 0 Å². The first kappa shape index (κ1) is 11.3. The van der Waals surface area contributed by atoms with E-state index in [1.807, 2.05) is 0 Å². The van der Waals surface area contributed by atoms with Crippen LogP contribution in [0.4, 0.5) is 0 Å². The molecule has 1 aromatic rings. The van der Waals surface area contributed by atoms with E-state index in [2.05, 4.69) is 52.8 Å². The molecular formula is C15H20O. The van der Waals surface area contributed by atoms with Crippen molar-refractivity contribution in [2.45, 2.75) is 46.6 Å². The van der Waals surface area contributed by atoms with Crippen LogP contribution in [0.1, 0.15) is 50.8 Å². The van der Waals surface area contributed by atoms with Crippen LogP contribution < -0.4 is 0 Å². The highest BCUT2D eigenvalue weighted by molar-refractivity contribution is 5.72. The van der Waals surface area contributed by atoms with E-state index >= 15 is 0 Å². The summed E-state index contributed by atoms with van der Waals surface area (Å²) >= 11 is 0. The Hall–Kier alpha value is -1.24. The van der Waals surface area contributed by atoms with Crippen molar-refractivity contribution in [2.75, 3.05) is 0 Å². The lowest BCUT2D eigenvalue weighted by atomic mass is 9.84. The molecule has 16 heavy (non-hydrogen) atoms. The van der Waals surface area contributed by atoms with E-state index in [4.69, 9.17) is 4.74 Å². The molecule has 0 saturated heterocycles. The molecule has 1 nitrogen and oxygen atoms in total. The highest BCUT2D eigenvalue weighted by atomic mass is 16.5. The fraction of sp³-hybridized carbons (Fsp3) is 0.467. The van der Waals surface area contributed by atoms with Crippen molar-refractivity contribution in [3.63, 3.8) is 0 Å². The molecular weight excluding hydrogens is 196 g/mol.